The zero-order valence-corrected chi connectivity index (χ0v) is 44.9. The molecule has 6 aromatic carbocycles. The number of hydrogen-bond acceptors (Lipinski definition) is 7. The van der Waals surface area contributed by atoms with Gasteiger partial charge >= 0.3 is 0 Å². The van der Waals surface area contributed by atoms with Crippen LogP contribution in [0.3, 0.4) is 0 Å². The fourth-order valence-electron chi connectivity index (χ4n) is 8.01. The second-order valence-corrected chi connectivity index (χ2v) is 22.8. The van der Waals surface area contributed by atoms with Gasteiger partial charge in [-0.25, -0.2) is 17.2 Å². The fourth-order valence-corrected chi connectivity index (χ4v) is 10.7. The summed E-state index contributed by atoms with van der Waals surface area (Å²) in [5.41, 5.74) is 2.76. The van der Waals surface area contributed by atoms with Crippen molar-refractivity contribution >= 4 is 21.0 Å². The largest absolute Gasteiger partial charge is 0.744 e. The molecule has 0 aliphatic heterocycles. The maximum absolute atomic E-state index is 13.8. The highest BCUT2D eigenvalue weighted by atomic mass is 32.2. The Kier molecular flexibility index (Phi) is 23.2. The molecule has 1 aliphatic rings. The van der Waals surface area contributed by atoms with E-state index in [-0.39, 0.29) is 42.2 Å². The number of halogens is 4. The van der Waals surface area contributed by atoms with E-state index in [1.807, 2.05) is 24.3 Å². The van der Waals surface area contributed by atoms with E-state index in [0.717, 1.165) is 25.0 Å². The fraction of sp³-hybridized carbons (Fsp3) is 0.400. The van der Waals surface area contributed by atoms with Crippen LogP contribution in [0, 0.1) is 28.7 Å². The van der Waals surface area contributed by atoms with Crippen LogP contribution in [0.1, 0.15) is 136 Å². The van der Waals surface area contributed by atoms with E-state index in [2.05, 4.69) is 164 Å². The van der Waals surface area contributed by atoms with Crippen molar-refractivity contribution in [1.82, 2.24) is 0 Å². The molecule has 3 atom stereocenters. The van der Waals surface area contributed by atoms with Gasteiger partial charge in [0, 0.05) is 6.42 Å². The lowest BCUT2D eigenvalue weighted by molar-refractivity contribution is -0.142. The highest BCUT2D eigenvalue weighted by molar-refractivity contribution is 7.97. The molecule has 1 saturated carbocycles. The van der Waals surface area contributed by atoms with Crippen LogP contribution in [0.4, 0.5) is 17.6 Å². The maximum atomic E-state index is 13.8. The monoisotopic (exact) mass is 1040 g/mol. The molecule has 0 saturated heterocycles. The van der Waals surface area contributed by atoms with Gasteiger partial charge in [0.05, 0.1) is 30.2 Å². The molecule has 0 N–H and O–H groups in total. The number of benzene rings is 6. The molecule has 0 radical (unpaired) electrons. The summed E-state index contributed by atoms with van der Waals surface area (Å²) in [6, 6.07) is 48.3. The average Bonchev–Trinajstić information content (AvgIpc) is 3.38. The van der Waals surface area contributed by atoms with Crippen molar-refractivity contribution < 1.29 is 49.5 Å². The van der Waals surface area contributed by atoms with E-state index >= 15 is 0 Å². The first-order valence-electron chi connectivity index (χ1n) is 25.4. The van der Waals surface area contributed by atoms with Crippen LogP contribution in [0.5, 0.6) is 17.2 Å². The Morgan fingerprint density at radius 2 is 1.00 bits per heavy atom. The van der Waals surface area contributed by atoms with Gasteiger partial charge < -0.3 is 23.5 Å². The number of hydrogen-bond donors (Lipinski definition) is 0. The first-order chi connectivity index (χ1) is 34.9. The van der Waals surface area contributed by atoms with Crippen LogP contribution in [-0.4, -0.2) is 38.6 Å². The zero-order chi connectivity index (χ0) is 53.0. The van der Waals surface area contributed by atoms with Crippen LogP contribution in [0.25, 0.3) is 0 Å². The third kappa shape index (κ3) is 18.5. The first-order valence-corrected chi connectivity index (χ1v) is 28.0. The van der Waals surface area contributed by atoms with E-state index in [1.54, 1.807) is 0 Å². The predicted octanol–water partition coefficient (Wildman–Crippen LogP) is 16.4. The molecule has 1 fully saturated rings. The minimum atomic E-state index is -5.75. The lowest BCUT2D eigenvalue weighted by atomic mass is 9.91. The molecule has 0 spiro atoms. The summed E-state index contributed by atoms with van der Waals surface area (Å²) in [6.45, 7) is 15.4. The predicted molar refractivity (Wildman–Crippen MR) is 283 cm³/mol. The molecule has 7 nitrogen and oxygen atoms in total. The van der Waals surface area contributed by atoms with Crippen molar-refractivity contribution in [1.29, 1.82) is 0 Å². The van der Waals surface area contributed by atoms with Crippen LogP contribution in [-0.2, 0) is 25.7 Å². The lowest BCUT2D eigenvalue weighted by Crippen LogP contribution is -2.32. The van der Waals surface area contributed by atoms with Gasteiger partial charge in [-0.05, 0) is 128 Å². The Bertz CT molecular complexity index is 2520. The van der Waals surface area contributed by atoms with Crippen molar-refractivity contribution in [3.05, 3.63) is 174 Å². The molecule has 1 aliphatic carbocycles. The van der Waals surface area contributed by atoms with Gasteiger partial charge in [0.25, 0.3) is 0 Å². The highest BCUT2D eigenvalue weighted by Gasteiger charge is 2.31. The molecule has 0 heterocycles. The van der Waals surface area contributed by atoms with Crippen molar-refractivity contribution in [3.63, 3.8) is 0 Å². The molecule has 73 heavy (non-hydrogen) atoms. The van der Waals surface area contributed by atoms with Crippen molar-refractivity contribution in [2.75, 3.05) is 13.2 Å². The minimum Gasteiger partial charge on any atom is -0.744 e. The quantitative estimate of drug-likeness (QED) is 0.0188. The van der Waals surface area contributed by atoms with Crippen molar-refractivity contribution in [3.8, 4) is 17.2 Å². The standard InChI is InChI=1S/C22H36O2.C20H22F4O5S.C18H15S/c1-6-17(2)18-12-14-20(15-13-18)24-21(16-22(3,4)5)23-19-10-8-7-9-11-19;1-3-12(2)13-6-8-14(9-7-13)28-10-4-5-11-29-19-15(21)17(23)20(30(25,26)27)18(24)16(19)22;1-4-10-16(11-5-1)19(17-12-6-2-7-13-17)18-14-8-3-9-15-18/h12-15,17,19,21H,6-11,16H2,1-5H3;6-9,12H,3-5,10-11H2,1-2H3,(H,25,26,27);1-15H/q;;+1/p-1. The van der Waals surface area contributed by atoms with Gasteiger partial charge in [-0.3, -0.25) is 0 Å². The summed E-state index contributed by atoms with van der Waals surface area (Å²) in [5.74, 6) is -7.60. The molecule has 6 aromatic rings. The molecule has 0 bridgehead atoms. The molecular formula is C60H72F4O7S2. The van der Waals surface area contributed by atoms with E-state index in [0.29, 0.717) is 30.1 Å². The normalized spacial score (nSPS) is 14.2. The molecule has 394 valence electrons. The molecule has 3 unspecified atom stereocenters. The van der Waals surface area contributed by atoms with Crippen molar-refractivity contribution in [2.45, 2.75) is 156 Å². The second-order valence-electron chi connectivity index (χ2n) is 19.5. The Labute approximate surface area is 434 Å². The lowest BCUT2D eigenvalue weighted by Gasteiger charge is -2.31. The second kappa shape index (κ2) is 28.9. The average molecular weight is 1050 g/mol. The summed E-state index contributed by atoms with van der Waals surface area (Å²) in [5, 5.41) is 0. The third-order valence-corrected chi connectivity index (χ3v) is 15.6. The number of ether oxygens (including phenoxy) is 4. The molecule has 7 rings (SSSR count). The molecular weight excluding hydrogens is 973 g/mol. The third-order valence-electron chi connectivity index (χ3n) is 12.5. The number of unbranched alkanes of at least 4 members (excludes halogenated alkanes) is 1. The summed E-state index contributed by atoms with van der Waals surface area (Å²) in [4.78, 5) is 1.87. The minimum absolute atomic E-state index is 0.0146. The summed E-state index contributed by atoms with van der Waals surface area (Å²) >= 11 is 0. The molecule has 0 amide bonds. The van der Waals surface area contributed by atoms with Crippen LogP contribution in [0.2, 0.25) is 0 Å². The van der Waals surface area contributed by atoms with Gasteiger partial charge in [-0.15, -0.1) is 0 Å². The van der Waals surface area contributed by atoms with Gasteiger partial charge in [-0.2, -0.15) is 8.78 Å². The Hall–Kier alpha value is -5.34. The van der Waals surface area contributed by atoms with E-state index in [4.69, 9.17) is 18.9 Å². The first kappa shape index (κ1) is 58.5. The van der Waals surface area contributed by atoms with Crippen LogP contribution >= 0.6 is 0 Å². The smallest absolute Gasteiger partial charge is 0.205 e. The zero-order valence-electron chi connectivity index (χ0n) is 43.3. The Morgan fingerprint density at radius 3 is 1.40 bits per heavy atom. The maximum Gasteiger partial charge on any atom is 0.205 e. The van der Waals surface area contributed by atoms with Gasteiger partial charge in [0.2, 0.25) is 17.9 Å². The number of rotatable bonds is 20. The van der Waals surface area contributed by atoms with E-state index < -0.39 is 44.0 Å². The Balaban J connectivity index is 0.000000208. The SMILES string of the molecule is CCC(C)c1ccc(OC(CC(C)(C)C)OC2CCCCC2)cc1.CCC(C)c1ccc(OCCCCOc2c(F)c(F)c(S(=O)(=O)[O-])c(F)c2F)cc1.c1ccc([S+](c2ccccc2)c2ccccc2)cc1. The van der Waals surface area contributed by atoms with E-state index in [1.165, 1.54) is 57.9 Å². The summed E-state index contributed by atoms with van der Waals surface area (Å²) < 4.78 is 110. The van der Waals surface area contributed by atoms with E-state index in [9.17, 15) is 30.5 Å². The van der Waals surface area contributed by atoms with Gasteiger partial charge in [0.15, 0.2) is 32.1 Å². The summed E-state index contributed by atoms with van der Waals surface area (Å²) in [7, 11) is -5.76. The molecule has 0 aromatic heterocycles. The topological polar surface area (TPSA) is 94.1 Å². The Morgan fingerprint density at radius 1 is 0.589 bits per heavy atom. The van der Waals surface area contributed by atoms with Gasteiger partial charge in [0.1, 0.15) is 26.5 Å². The van der Waals surface area contributed by atoms with Gasteiger partial charge in [-0.1, -0.05) is 147 Å². The van der Waals surface area contributed by atoms with Crippen LogP contribution < -0.4 is 14.2 Å². The van der Waals surface area contributed by atoms with Crippen molar-refractivity contribution in [2.24, 2.45) is 5.41 Å². The summed E-state index contributed by atoms with van der Waals surface area (Å²) in [6.07, 6.45) is 10.2. The van der Waals surface area contributed by atoms with Crippen LogP contribution in [0.15, 0.2) is 159 Å². The highest BCUT2D eigenvalue weighted by Crippen LogP contribution is 2.34. The molecule has 13 heteroatoms.